The molecule has 1 heterocycles. The summed E-state index contributed by atoms with van der Waals surface area (Å²) in [5.74, 6) is -0.366. The second-order valence-electron chi connectivity index (χ2n) is 2.98. The van der Waals surface area contributed by atoms with E-state index in [4.69, 9.17) is 34.8 Å². The van der Waals surface area contributed by atoms with E-state index in [-0.39, 0.29) is 16.2 Å². The van der Waals surface area contributed by atoms with Gasteiger partial charge in [-0.05, 0) is 12.1 Å². The Hall–Kier alpha value is -1.03. The molecule has 0 aliphatic carbocycles. The average Bonchev–Trinajstić information content (AvgIpc) is 2.60. The van der Waals surface area contributed by atoms with Gasteiger partial charge in [-0.15, -0.1) is 0 Å². The van der Waals surface area contributed by atoms with E-state index in [1.807, 2.05) is 0 Å². The summed E-state index contributed by atoms with van der Waals surface area (Å²) in [7, 11) is 0. The molecule has 2 aromatic rings. The third kappa shape index (κ3) is 1.94. The third-order valence-electron chi connectivity index (χ3n) is 1.99. The van der Waals surface area contributed by atoms with E-state index in [0.29, 0.717) is 10.6 Å². The zero-order valence-corrected chi connectivity index (χ0v) is 10.1. The fraction of sp³-hybridized carbons (Fsp3) is 0. The minimum atomic E-state index is -0.366. The summed E-state index contributed by atoms with van der Waals surface area (Å²) < 4.78 is 1.14. The van der Waals surface area contributed by atoms with Crippen molar-refractivity contribution in [1.82, 2.24) is 9.55 Å². The maximum atomic E-state index is 12.0. The van der Waals surface area contributed by atoms with Crippen molar-refractivity contribution in [3.63, 3.8) is 0 Å². The second kappa shape index (κ2) is 4.45. The number of halogens is 3. The SMILES string of the molecule is O=C(c1ccccc1Cl)n1cnc(Cl)c1Cl. The molecular weight excluding hydrogens is 270 g/mol. The first-order valence-corrected chi connectivity index (χ1v) is 5.42. The largest absolute Gasteiger partial charge is 0.268 e. The summed E-state index contributed by atoms with van der Waals surface area (Å²) in [6, 6.07) is 6.68. The van der Waals surface area contributed by atoms with Crippen LogP contribution in [-0.2, 0) is 0 Å². The zero-order chi connectivity index (χ0) is 11.7. The quantitative estimate of drug-likeness (QED) is 0.798. The molecule has 2 rings (SSSR count). The van der Waals surface area contributed by atoms with Gasteiger partial charge in [0, 0.05) is 0 Å². The van der Waals surface area contributed by atoms with E-state index in [1.54, 1.807) is 24.3 Å². The van der Waals surface area contributed by atoms with E-state index in [2.05, 4.69) is 4.98 Å². The van der Waals surface area contributed by atoms with Crippen LogP contribution in [0.5, 0.6) is 0 Å². The number of carbonyl (C=O) groups is 1. The van der Waals surface area contributed by atoms with Crippen LogP contribution in [0.3, 0.4) is 0 Å². The Labute approximate surface area is 107 Å². The lowest BCUT2D eigenvalue weighted by molar-refractivity contribution is 0.0960. The highest BCUT2D eigenvalue weighted by Gasteiger charge is 2.16. The fourth-order valence-electron chi connectivity index (χ4n) is 1.22. The van der Waals surface area contributed by atoms with Gasteiger partial charge in [-0.2, -0.15) is 0 Å². The van der Waals surface area contributed by atoms with Gasteiger partial charge in [0.1, 0.15) is 6.33 Å². The van der Waals surface area contributed by atoms with Crippen molar-refractivity contribution < 1.29 is 4.79 Å². The van der Waals surface area contributed by atoms with Gasteiger partial charge in [0.2, 0.25) is 0 Å². The van der Waals surface area contributed by atoms with Crippen LogP contribution >= 0.6 is 34.8 Å². The molecule has 0 radical (unpaired) electrons. The molecule has 0 atom stereocenters. The van der Waals surface area contributed by atoms with Gasteiger partial charge >= 0.3 is 0 Å². The van der Waals surface area contributed by atoms with E-state index >= 15 is 0 Å². The molecule has 0 aliphatic heterocycles. The van der Waals surface area contributed by atoms with Crippen LogP contribution in [0.25, 0.3) is 0 Å². The molecule has 82 valence electrons. The van der Waals surface area contributed by atoms with Crippen molar-refractivity contribution in [3.05, 3.63) is 51.5 Å². The van der Waals surface area contributed by atoms with Crippen LogP contribution < -0.4 is 0 Å². The zero-order valence-electron chi connectivity index (χ0n) is 7.82. The van der Waals surface area contributed by atoms with Crippen LogP contribution in [0.15, 0.2) is 30.6 Å². The molecule has 0 spiro atoms. The van der Waals surface area contributed by atoms with Gasteiger partial charge in [-0.3, -0.25) is 9.36 Å². The summed E-state index contributed by atoms with van der Waals surface area (Å²) in [4.78, 5) is 15.7. The first-order valence-electron chi connectivity index (χ1n) is 4.29. The summed E-state index contributed by atoms with van der Waals surface area (Å²) in [5.41, 5.74) is 0.347. The van der Waals surface area contributed by atoms with Crippen molar-refractivity contribution in [2.45, 2.75) is 0 Å². The van der Waals surface area contributed by atoms with Crippen molar-refractivity contribution in [2.75, 3.05) is 0 Å². The Morgan fingerprint density at radius 1 is 1.19 bits per heavy atom. The molecule has 0 saturated carbocycles. The van der Waals surface area contributed by atoms with E-state index in [0.717, 1.165) is 4.57 Å². The molecule has 0 fully saturated rings. The van der Waals surface area contributed by atoms with Crippen LogP contribution in [0.1, 0.15) is 10.4 Å². The van der Waals surface area contributed by atoms with Gasteiger partial charge in [-0.25, -0.2) is 4.98 Å². The average molecular weight is 276 g/mol. The predicted molar refractivity (Wildman–Crippen MR) is 63.4 cm³/mol. The van der Waals surface area contributed by atoms with Crippen LogP contribution in [-0.4, -0.2) is 15.5 Å². The van der Waals surface area contributed by atoms with E-state index < -0.39 is 0 Å². The molecule has 0 unspecified atom stereocenters. The highest BCUT2D eigenvalue weighted by atomic mass is 35.5. The van der Waals surface area contributed by atoms with Crippen LogP contribution in [0.2, 0.25) is 15.3 Å². The van der Waals surface area contributed by atoms with Gasteiger partial charge in [-0.1, -0.05) is 46.9 Å². The first-order chi connectivity index (χ1) is 7.61. The van der Waals surface area contributed by atoms with Crippen LogP contribution in [0.4, 0.5) is 0 Å². The molecule has 0 bridgehead atoms. The molecule has 0 amide bonds. The minimum Gasteiger partial charge on any atom is -0.268 e. The Kier molecular flexibility index (Phi) is 3.19. The van der Waals surface area contributed by atoms with Gasteiger partial charge < -0.3 is 0 Å². The predicted octanol–water partition coefficient (Wildman–Crippen LogP) is 3.53. The molecular formula is C10H5Cl3N2O. The maximum Gasteiger partial charge on any atom is 0.265 e. The Balaban J connectivity index is 2.48. The smallest absolute Gasteiger partial charge is 0.265 e. The number of benzene rings is 1. The molecule has 3 nitrogen and oxygen atoms in total. The number of rotatable bonds is 1. The highest BCUT2D eigenvalue weighted by molar-refractivity contribution is 6.41. The number of hydrogen-bond acceptors (Lipinski definition) is 2. The normalized spacial score (nSPS) is 10.4. The molecule has 0 aliphatic rings. The monoisotopic (exact) mass is 274 g/mol. The van der Waals surface area contributed by atoms with Gasteiger partial charge in [0.25, 0.3) is 5.91 Å². The lowest BCUT2D eigenvalue weighted by Gasteiger charge is -2.04. The lowest BCUT2D eigenvalue weighted by atomic mass is 10.2. The minimum absolute atomic E-state index is 0.0755. The Morgan fingerprint density at radius 3 is 2.44 bits per heavy atom. The molecule has 1 aromatic carbocycles. The number of hydrogen-bond donors (Lipinski definition) is 0. The number of nitrogens with zero attached hydrogens (tertiary/aromatic N) is 2. The summed E-state index contributed by atoms with van der Waals surface area (Å²) in [6.07, 6.45) is 1.26. The lowest BCUT2D eigenvalue weighted by Crippen LogP contribution is -2.11. The molecule has 0 N–H and O–H groups in total. The van der Waals surface area contributed by atoms with Crippen molar-refractivity contribution in [1.29, 1.82) is 0 Å². The van der Waals surface area contributed by atoms with Crippen molar-refractivity contribution in [3.8, 4) is 0 Å². The van der Waals surface area contributed by atoms with Crippen molar-refractivity contribution >= 4 is 40.7 Å². The molecule has 0 saturated heterocycles. The van der Waals surface area contributed by atoms with E-state index in [1.165, 1.54) is 6.33 Å². The molecule has 1 aromatic heterocycles. The van der Waals surface area contributed by atoms with Crippen LogP contribution in [0, 0.1) is 0 Å². The maximum absolute atomic E-state index is 12.0. The van der Waals surface area contributed by atoms with Crippen molar-refractivity contribution in [2.24, 2.45) is 0 Å². The second-order valence-corrected chi connectivity index (χ2v) is 4.10. The Bertz CT molecular complexity index is 551. The number of imidazole rings is 1. The van der Waals surface area contributed by atoms with Gasteiger partial charge in [0.05, 0.1) is 10.6 Å². The standard InChI is InChI=1S/C10H5Cl3N2O/c11-7-4-2-1-3-6(7)10(16)15-5-14-8(12)9(15)13/h1-5H. The van der Waals surface area contributed by atoms with Gasteiger partial charge in [0.15, 0.2) is 10.3 Å². The molecule has 16 heavy (non-hydrogen) atoms. The third-order valence-corrected chi connectivity index (χ3v) is 3.06. The Morgan fingerprint density at radius 2 is 1.88 bits per heavy atom. The fourth-order valence-corrected chi connectivity index (χ4v) is 1.74. The number of aromatic nitrogens is 2. The topological polar surface area (TPSA) is 34.9 Å². The summed E-state index contributed by atoms with van der Waals surface area (Å²) in [5, 5.41) is 0.516. The first kappa shape index (κ1) is 11.5. The summed E-state index contributed by atoms with van der Waals surface area (Å²) >= 11 is 17.4. The van der Waals surface area contributed by atoms with E-state index in [9.17, 15) is 4.79 Å². The highest BCUT2D eigenvalue weighted by Crippen LogP contribution is 2.23. The number of carbonyl (C=O) groups excluding carboxylic acids is 1. The molecule has 6 heteroatoms. The summed E-state index contributed by atoms with van der Waals surface area (Å²) in [6.45, 7) is 0.